The lowest BCUT2D eigenvalue weighted by Gasteiger charge is -2.31. The van der Waals surface area contributed by atoms with Crippen LogP contribution in [0.15, 0.2) is 24.3 Å². The highest BCUT2D eigenvalue weighted by Crippen LogP contribution is 2.21. The third-order valence-electron chi connectivity index (χ3n) is 6.63. The van der Waals surface area contributed by atoms with Gasteiger partial charge in [0.1, 0.15) is 23.9 Å². The van der Waals surface area contributed by atoms with Crippen molar-refractivity contribution in [1.82, 2.24) is 20.9 Å². The summed E-state index contributed by atoms with van der Waals surface area (Å²) in [7, 11) is 0. The summed E-state index contributed by atoms with van der Waals surface area (Å²) in [5.74, 6) is -3.79. The van der Waals surface area contributed by atoms with Gasteiger partial charge in [-0.1, -0.05) is 26.0 Å². The van der Waals surface area contributed by atoms with Crippen LogP contribution in [0.2, 0.25) is 0 Å². The zero-order valence-corrected chi connectivity index (χ0v) is 23.3. The summed E-state index contributed by atoms with van der Waals surface area (Å²) in [6.07, 6.45) is -0.254. The number of aromatic hydroxyl groups is 1. The van der Waals surface area contributed by atoms with Gasteiger partial charge < -0.3 is 41.9 Å². The van der Waals surface area contributed by atoms with Gasteiger partial charge in [-0.3, -0.25) is 19.2 Å². The number of carboxylic acid groups (broad SMARTS) is 1. The van der Waals surface area contributed by atoms with Crippen molar-refractivity contribution in [3.63, 3.8) is 0 Å². The predicted octanol–water partition coefficient (Wildman–Crippen LogP) is -0.761. The Kier molecular flexibility index (Phi) is 11.9. The molecular weight excluding hydrogens is 522 g/mol. The molecule has 6 unspecified atom stereocenters. The maximum absolute atomic E-state index is 13.7. The Balaban J connectivity index is 2.25. The first-order chi connectivity index (χ1) is 18.7. The number of hydrogen-bond donors (Lipinski definition) is 7. The van der Waals surface area contributed by atoms with Crippen molar-refractivity contribution in [2.45, 2.75) is 89.7 Å². The molecule has 0 radical (unpaired) electrons. The third kappa shape index (κ3) is 9.19. The highest BCUT2D eigenvalue weighted by Gasteiger charge is 2.40. The zero-order chi connectivity index (χ0) is 30.1. The van der Waals surface area contributed by atoms with E-state index < -0.39 is 65.9 Å². The molecule has 1 saturated heterocycles. The second kappa shape index (κ2) is 14.6. The fourth-order valence-corrected chi connectivity index (χ4v) is 4.49. The Morgan fingerprint density at radius 3 is 2.10 bits per heavy atom. The van der Waals surface area contributed by atoms with Crippen molar-refractivity contribution < 1.29 is 39.3 Å². The number of carboxylic acids is 1. The molecule has 0 aromatic heterocycles. The van der Waals surface area contributed by atoms with E-state index in [2.05, 4.69) is 16.0 Å². The summed E-state index contributed by atoms with van der Waals surface area (Å²) in [4.78, 5) is 65.2. The molecule has 1 aliphatic rings. The molecule has 1 aliphatic heterocycles. The van der Waals surface area contributed by atoms with E-state index >= 15 is 0 Å². The molecule has 1 aromatic rings. The summed E-state index contributed by atoms with van der Waals surface area (Å²) in [6.45, 7) is 6.68. The lowest BCUT2D eigenvalue weighted by Crippen LogP contribution is -2.59. The largest absolute Gasteiger partial charge is 0.508 e. The van der Waals surface area contributed by atoms with Crippen LogP contribution in [0.5, 0.6) is 5.75 Å². The molecule has 13 heteroatoms. The zero-order valence-electron chi connectivity index (χ0n) is 23.3. The third-order valence-corrected chi connectivity index (χ3v) is 6.63. The number of likely N-dealkylation sites (tertiary alicyclic amines) is 1. The molecule has 0 bridgehead atoms. The lowest BCUT2D eigenvalue weighted by molar-refractivity contribution is -0.147. The van der Waals surface area contributed by atoms with Crippen LogP contribution < -0.4 is 21.7 Å². The van der Waals surface area contributed by atoms with E-state index in [4.69, 9.17) is 5.73 Å². The van der Waals surface area contributed by atoms with Crippen LogP contribution >= 0.6 is 0 Å². The van der Waals surface area contributed by atoms with E-state index in [1.807, 2.05) is 13.8 Å². The minimum absolute atomic E-state index is 0.0232. The van der Waals surface area contributed by atoms with Gasteiger partial charge in [0.05, 0.1) is 12.1 Å². The molecular formula is C27H41N5O8. The van der Waals surface area contributed by atoms with Crippen molar-refractivity contribution in [2.75, 3.05) is 6.54 Å². The van der Waals surface area contributed by atoms with Gasteiger partial charge in [-0.15, -0.1) is 0 Å². The van der Waals surface area contributed by atoms with E-state index in [0.29, 0.717) is 18.4 Å². The van der Waals surface area contributed by atoms with E-state index in [1.54, 1.807) is 12.1 Å². The summed E-state index contributed by atoms with van der Waals surface area (Å²) in [6, 6.07) is 0.624. The molecule has 40 heavy (non-hydrogen) atoms. The van der Waals surface area contributed by atoms with Gasteiger partial charge in [-0.25, -0.2) is 4.79 Å². The maximum Gasteiger partial charge on any atom is 0.328 e. The van der Waals surface area contributed by atoms with E-state index in [9.17, 15) is 39.3 Å². The number of nitrogens with one attached hydrogen (secondary N) is 3. The van der Waals surface area contributed by atoms with Crippen molar-refractivity contribution in [2.24, 2.45) is 11.7 Å². The first kappa shape index (κ1) is 32.5. The smallest absolute Gasteiger partial charge is 0.328 e. The molecule has 0 aliphatic carbocycles. The van der Waals surface area contributed by atoms with Crippen LogP contribution in [-0.2, 0) is 30.4 Å². The molecule has 0 spiro atoms. The first-order valence-corrected chi connectivity index (χ1v) is 13.4. The molecule has 8 N–H and O–H groups in total. The standard InChI is InChI=1S/C27H41N5O8/c1-14(2)12-20(26(38)32-11-5-6-21(32)25(37)31-22(16(4)33)27(39)40)30-24(36)19(29-23(35)15(3)28)13-17-7-9-18(34)10-8-17/h7-10,14-16,19-22,33-34H,5-6,11-13,28H2,1-4H3,(H,29,35)(H,30,36)(H,31,37)(H,39,40). The number of amides is 4. The summed E-state index contributed by atoms with van der Waals surface area (Å²) >= 11 is 0. The first-order valence-electron chi connectivity index (χ1n) is 13.4. The Bertz CT molecular complexity index is 1060. The van der Waals surface area contributed by atoms with E-state index in [-0.39, 0.29) is 31.1 Å². The highest BCUT2D eigenvalue weighted by molar-refractivity contribution is 5.95. The van der Waals surface area contributed by atoms with Gasteiger partial charge in [0.25, 0.3) is 0 Å². The molecule has 4 amide bonds. The minimum atomic E-state index is -1.54. The van der Waals surface area contributed by atoms with E-state index in [1.165, 1.54) is 30.9 Å². The van der Waals surface area contributed by atoms with Crippen molar-refractivity contribution >= 4 is 29.6 Å². The number of nitrogens with zero attached hydrogens (tertiary/aromatic N) is 1. The number of aliphatic hydroxyl groups is 1. The monoisotopic (exact) mass is 563 g/mol. The normalized spacial score (nSPS) is 18.8. The highest BCUT2D eigenvalue weighted by atomic mass is 16.4. The SMILES string of the molecule is CC(C)CC(NC(=O)C(Cc1ccc(O)cc1)NC(=O)C(C)N)C(=O)N1CCCC1C(=O)NC(C(=O)O)C(C)O. The summed E-state index contributed by atoms with van der Waals surface area (Å²) < 4.78 is 0. The number of carbonyl (C=O) groups excluding carboxylic acids is 4. The molecule has 2 rings (SSSR count). The lowest BCUT2D eigenvalue weighted by atomic mass is 10.00. The Morgan fingerprint density at radius 1 is 0.975 bits per heavy atom. The predicted molar refractivity (Wildman–Crippen MR) is 145 cm³/mol. The second-order valence-electron chi connectivity index (χ2n) is 10.7. The van der Waals surface area contributed by atoms with Crippen LogP contribution in [0.3, 0.4) is 0 Å². The van der Waals surface area contributed by atoms with Crippen LogP contribution in [0, 0.1) is 5.92 Å². The number of aliphatic hydroxyl groups excluding tert-OH is 1. The molecule has 6 atom stereocenters. The number of carbonyl (C=O) groups is 5. The van der Waals surface area contributed by atoms with Crippen molar-refractivity contribution in [1.29, 1.82) is 0 Å². The molecule has 222 valence electrons. The van der Waals surface area contributed by atoms with Crippen molar-refractivity contribution in [3.05, 3.63) is 29.8 Å². The number of hydrogen-bond acceptors (Lipinski definition) is 8. The Morgan fingerprint density at radius 2 is 1.57 bits per heavy atom. The number of rotatable bonds is 13. The summed E-state index contributed by atoms with van der Waals surface area (Å²) in [5, 5.41) is 36.3. The van der Waals surface area contributed by atoms with Gasteiger partial charge in [0.15, 0.2) is 6.04 Å². The van der Waals surface area contributed by atoms with Crippen LogP contribution in [0.25, 0.3) is 0 Å². The number of phenols is 1. The number of benzene rings is 1. The average Bonchev–Trinajstić information content (AvgIpc) is 3.36. The number of nitrogens with two attached hydrogens (primary N) is 1. The molecule has 13 nitrogen and oxygen atoms in total. The fraction of sp³-hybridized carbons (Fsp3) is 0.593. The molecule has 1 fully saturated rings. The van der Waals surface area contributed by atoms with Gasteiger partial charge in [0, 0.05) is 13.0 Å². The van der Waals surface area contributed by atoms with Gasteiger partial charge in [-0.2, -0.15) is 0 Å². The van der Waals surface area contributed by atoms with Crippen LogP contribution in [0.1, 0.15) is 52.5 Å². The summed E-state index contributed by atoms with van der Waals surface area (Å²) in [5.41, 5.74) is 6.33. The van der Waals surface area contributed by atoms with Gasteiger partial charge >= 0.3 is 5.97 Å². The topological polar surface area (TPSA) is 211 Å². The van der Waals surface area contributed by atoms with Crippen LogP contribution in [0.4, 0.5) is 0 Å². The number of phenolic OH excluding ortho intramolecular Hbond substituents is 1. The van der Waals surface area contributed by atoms with Crippen LogP contribution in [-0.4, -0.2) is 92.7 Å². The number of aliphatic carboxylic acids is 1. The Hall–Kier alpha value is -3.71. The second-order valence-corrected chi connectivity index (χ2v) is 10.7. The quantitative estimate of drug-likeness (QED) is 0.160. The maximum atomic E-state index is 13.7. The Labute approximate surface area is 233 Å². The minimum Gasteiger partial charge on any atom is -0.508 e. The molecule has 1 heterocycles. The molecule has 0 saturated carbocycles. The van der Waals surface area contributed by atoms with E-state index in [0.717, 1.165) is 0 Å². The van der Waals surface area contributed by atoms with Crippen molar-refractivity contribution in [3.8, 4) is 5.75 Å². The fourth-order valence-electron chi connectivity index (χ4n) is 4.49. The molecule has 1 aromatic carbocycles. The van der Waals surface area contributed by atoms with Gasteiger partial charge in [0.2, 0.25) is 23.6 Å². The average molecular weight is 564 g/mol. The van der Waals surface area contributed by atoms with Gasteiger partial charge in [-0.05, 0) is 56.7 Å².